The zero-order chi connectivity index (χ0) is 14.6. The summed E-state index contributed by atoms with van der Waals surface area (Å²) >= 11 is 0. The number of likely N-dealkylation sites (tertiary alicyclic amines) is 1. The number of carbonyl (C=O) groups is 1. The van der Waals surface area contributed by atoms with Gasteiger partial charge in [0.25, 0.3) is 0 Å². The van der Waals surface area contributed by atoms with Crippen LogP contribution in [-0.2, 0) is 11.0 Å². The van der Waals surface area contributed by atoms with Crippen LogP contribution in [0.1, 0.15) is 25.0 Å². The normalized spacial score (nSPS) is 15.8. The van der Waals surface area contributed by atoms with Crippen molar-refractivity contribution >= 4 is 11.9 Å². The molecule has 0 saturated carbocycles. The summed E-state index contributed by atoms with van der Waals surface area (Å²) in [5, 5.41) is 2.74. The number of carbonyl (C=O) groups excluding carboxylic acids is 1. The Labute approximate surface area is 114 Å². The van der Waals surface area contributed by atoms with Crippen molar-refractivity contribution in [3.8, 4) is 0 Å². The van der Waals surface area contributed by atoms with E-state index in [4.69, 9.17) is 0 Å². The monoisotopic (exact) mass is 288 g/mol. The Hall–Kier alpha value is -1.86. The van der Waals surface area contributed by atoms with Crippen LogP contribution in [-0.4, -0.2) is 40.4 Å². The van der Waals surface area contributed by atoms with E-state index in [0.717, 1.165) is 25.2 Å². The van der Waals surface area contributed by atoms with E-state index in [-0.39, 0.29) is 11.9 Å². The maximum atomic E-state index is 12.4. The van der Waals surface area contributed by atoms with Crippen LogP contribution in [0, 0.1) is 0 Å². The quantitative estimate of drug-likeness (QED) is 0.841. The third-order valence-corrected chi connectivity index (χ3v) is 3.01. The summed E-state index contributed by atoms with van der Waals surface area (Å²) < 4.78 is 37.3. The maximum absolute atomic E-state index is 12.4. The molecule has 8 heteroatoms. The van der Waals surface area contributed by atoms with Crippen molar-refractivity contribution in [2.75, 3.05) is 25.0 Å². The van der Waals surface area contributed by atoms with Crippen molar-refractivity contribution in [1.29, 1.82) is 0 Å². The lowest BCUT2D eigenvalue weighted by Crippen LogP contribution is -2.27. The van der Waals surface area contributed by atoms with Crippen molar-refractivity contribution in [1.82, 2.24) is 14.9 Å². The molecule has 1 aromatic heterocycles. The molecular formula is C12H15F3N4O. The van der Waals surface area contributed by atoms with Gasteiger partial charge < -0.3 is 10.2 Å². The highest BCUT2D eigenvalue weighted by Gasteiger charge is 2.32. The number of nitrogens with zero attached hydrogens (tertiary/aromatic N) is 3. The van der Waals surface area contributed by atoms with E-state index in [2.05, 4.69) is 15.3 Å². The lowest BCUT2D eigenvalue weighted by Gasteiger charge is -2.15. The molecule has 2 heterocycles. The number of hydrogen-bond acceptors (Lipinski definition) is 4. The fourth-order valence-corrected chi connectivity index (χ4v) is 2.01. The lowest BCUT2D eigenvalue weighted by atomic mass is 10.4. The van der Waals surface area contributed by atoms with Crippen LogP contribution in [0.5, 0.6) is 0 Å². The van der Waals surface area contributed by atoms with E-state index in [0.29, 0.717) is 25.9 Å². The van der Waals surface area contributed by atoms with E-state index in [1.807, 2.05) is 0 Å². The number of rotatable bonds is 5. The molecule has 20 heavy (non-hydrogen) atoms. The van der Waals surface area contributed by atoms with Gasteiger partial charge in [-0.15, -0.1) is 0 Å². The minimum absolute atomic E-state index is 0.0485. The molecule has 110 valence electrons. The first-order chi connectivity index (χ1) is 9.47. The van der Waals surface area contributed by atoms with Crippen molar-refractivity contribution < 1.29 is 18.0 Å². The van der Waals surface area contributed by atoms with Gasteiger partial charge in [0.15, 0.2) is 0 Å². The topological polar surface area (TPSA) is 58.1 Å². The third-order valence-electron chi connectivity index (χ3n) is 3.01. The first-order valence-corrected chi connectivity index (χ1v) is 6.39. The molecule has 0 aliphatic carbocycles. The average Bonchev–Trinajstić information content (AvgIpc) is 2.80. The largest absolute Gasteiger partial charge is 0.433 e. The standard InChI is InChI=1S/C12H15F3N4O/c13-12(14,15)9-4-6-17-11(18-9)16-5-2-8-19-7-1-3-10(19)20/h4,6H,1-3,5,7-8H2,(H,16,17,18). The van der Waals surface area contributed by atoms with E-state index in [9.17, 15) is 18.0 Å². The van der Waals surface area contributed by atoms with Gasteiger partial charge in [-0.3, -0.25) is 4.79 Å². The van der Waals surface area contributed by atoms with Gasteiger partial charge in [-0.1, -0.05) is 0 Å². The van der Waals surface area contributed by atoms with Crippen LogP contribution >= 0.6 is 0 Å². The molecule has 5 nitrogen and oxygen atoms in total. The molecule has 1 amide bonds. The lowest BCUT2D eigenvalue weighted by molar-refractivity contribution is -0.141. The van der Waals surface area contributed by atoms with E-state index in [1.54, 1.807) is 4.90 Å². The number of nitrogens with one attached hydrogen (secondary N) is 1. The Balaban J connectivity index is 1.78. The average molecular weight is 288 g/mol. The Morgan fingerprint density at radius 1 is 1.40 bits per heavy atom. The molecule has 0 atom stereocenters. The number of halogens is 3. The first kappa shape index (κ1) is 14.5. The van der Waals surface area contributed by atoms with Gasteiger partial charge in [0.1, 0.15) is 5.69 Å². The highest BCUT2D eigenvalue weighted by molar-refractivity contribution is 5.77. The smallest absolute Gasteiger partial charge is 0.354 e. The molecule has 0 spiro atoms. The van der Waals surface area contributed by atoms with Crippen LogP contribution < -0.4 is 5.32 Å². The maximum Gasteiger partial charge on any atom is 0.433 e. The molecule has 1 aromatic rings. The summed E-state index contributed by atoms with van der Waals surface area (Å²) in [5.74, 6) is 0.0906. The predicted octanol–water partition coefficient (Wildman–Crippen LogP) is 1.92. The van der Waals surface area contributed by atoms with Crippen LogP contribution in [0.15, 0.2) is 12.3 Å². The Kier molecular flexibility index (Phi) is 4.41. The summed E-state index contributed by atoms with van der Waals surface area (Å²) in [6.07, 6.45) is -1.29. The third kappa shape index (κ3) is 3.82. The first-order valence-electron chi connectivity index (χ1n) is 6.39. The van der Waals surface area contributed by atoms with Gasteiger partial charge in [-0.2, -0.15) is 13.2 Å². The van der Waals surface area contributed by atoms with Gasteiger partial charge in [-0.25, -0.2) is 9.97 Å². The SMILES string of the molecule is O=C1CCCN1CCCNc1nccc(C(F)(F)F)n1. The van der Waals surface area contributed by atoms with Gasteiger partial charge >= 0.3 is 6.18 Å². The van der Waals surface area contributed by atoms with Crippen LogP contribution in [0.3, 0.4) is 0 Å². The molecule has 1 saturated heterocycles. The molecule has 1 aliphatic heterocycles. The van der Waals surface area contributed by atoms with Gasteiger partial charge in [0.2, 0.25) is 11.9 Å². The number of aromatic nitrogens is 2. The Bertz CT molecular complexity index is 478. The molecule has 0 aromatic carbocycles. The van der Waals surface area contributed by atoms with E-state index in [1.165, 1.54) is 0 Å². The minimum Gasteiger partial charge on any atom is -0.354 e. The molecular weight excluding hydrogens is 273 g/mol. The number of hydrogen-bond donors (Lipinski definition) is 1. The summed E-state index contributed by atoms with van der Waals surface area (Å²) in [6.45, 7) is 1.79. The molecule has 2 rings (SSSR count). The van der Waals surface area contributed by atoms with Crippen molar-refractivity contribution in [3.63, 3.8) is 0 Å². The highest BCUT2D eigenvalue weighted by Crippen LogP contribution is 2.27. The second-order valence-electron chi connectivity index (χ2n) is 4.53. The van der Waals surface area contributed by atoms with Crippen molar-refractivity contribution in [3.05, 3.63) is 18.0 Å². The minimum atomic E-state index is -4.47. The van der Waals surface area contributed by atoms with Gasteiger partial charge in [0, 0.05) is 32.3 Å². The zero-order valence-corrected chi connectivity index (χ0v) is 10.8. The van der Waals surface area contributed by atoms with Crippen molar-refractivity contribution in [2.24, 2.45) is 0 Å². The fourth-order valence-electron chi connectivity index (χ4n) is 2.01. The molecule has 0 unspecified atom stereocenters. The Morgan fingerprint density at radius 3 is 2.85 bits per heavy atom. The molecule has 1 N–H and O–H groups in total. The molecule has 1 fully saturated rings. The molecule has 0 bridgehead atoms. The van der Waals surface area contributed by atoms with Crippen LogP contribution in [0.25, 0.3) is 0 Å². The van der Waals surface area contributed by atoms with Gasteiger partial charge in [-0.05, 0) is 18.9 Å². The summed E-state index contributed by atoms with van der Waals surface area (Å²) in [6, 6.07) is 0.827. The van der Waals surface area contributed by atoms with Crippen molar-refractivity contribution in [2.45, 2.75) is 25.4 Å². The van der Waals surface area contributed by atoms with Crippen LogP contribution in [0.4, 0.5) is 19.1 Å². The highest BCUT2D eigenvalue weighted by atomic mass is 19.4. The van der Waals surface area contributed by atoms with Gasteiger partial charge in [0.05, 0.1) is 0 Å². The summed E-state index contributed by atoms with van der Waals surface area (Å²) in [4.78, 5) is 20.2. The zero-order valence-electron chi connectivity index (χ0n) is 10.8. The molecule has 0 radical (unpaired) electrons. The van der Waals surface area contributed by atoms with E-state index < -0.39 is 11.9 Å². The second kappa shape index (κ2) is 6.06. The number of amides is 1. The number of anilines is 1. The van der Waals surface area contributed by atoms with E-state index >= 15 is 0 Å². The Morgan fingerprint density at radius 2 is 2.20 bits per heavy atom. The second-order valence-corrected chi connectivity index (χ2v) is 4.53. The predicted molar refractivity (Wildman–Crippen MR) is 66.0 cm³/mol. The molecule has 1 aliphatic rings. The summed E-state index contributed by atoms with van der Waals surface area (Å²) in [5.41, 5.74) is -0.968. The fraction of sp³-hybridized carbons (Fsp3) is 0.583. The van der Waals surface area contributed by atoms with Crippen LogP contribution in [0.2, 0.25) is 0 Å². The number of alkyl halides is 3. The summed E-state index contributed by atoms with van der Waals surface area (Å²) in [7, 11) is 0.